The normalized spacial score (nSPS) is 11.1. The maximum Gasteiger partial charge on any atom is 0.293 e. The maximum atomic E-state index is 12.8. The Kier molecular flexibility index (Phi) is 6.86. The van der Waals surface area contributed by atoms with E-state index in [4.69, 9.17) is 22.1 Å². The number of rotatable bonds is 8. The molecule has 0 bridgehead atoms. The van der Waals surface area contributed by atoms with Gasteiger partial charge in [0.1, 0.15) is 5.75 Å². The number of aromatic nitrogens is 5. The van der Waals surface area contributed by atoms with Crippen LogP contribution in [0.3, 0.4) is 0 Å². The Hall–Kier alpha value is -3.90. The highest BCUT2D eigenvalue weighted by Crippen LogP contribution is 2.27. The van der Waals surface area contributed by atoms with Crippen molar-refractivity contribution in [2.24, 2.45) is 5.10 Å². The molecular formula is C20H17ClN8O3S. The number of amides is 1. The SMILES string of the molecule is COc1ccccc1C=NNC(=O)c1nnn(-c2nonc2N)c1CSc1ccc(Cl)cc1. The van der Waals surface area contributed by atoms with Gasteiger partial charge >= 0.3 is 0 Å². The molecule has 4 aromatic rings. The molecule has 0 aliphatic carbocycles. The summed E-state index contributed by atoms with van der Waals surface area (Å²) in [6, 6.07) is 14.5. The van der Waals surface area contributed by atoms with E-state index in [1.807, 2.05) is 24.3 Å². The zero-order valence-electron chi connectivity index (χ0n) is 17.2. The first kappa shape index (κ1) is 22.3. The van der Waals surface area contributed by atoms with Crippen LogP contribution in [-0.2, 0) is 5.75 Å². The van der Waals surface area contributed by atoms with Gasteiger partial charge in [0.25, 0.3) is 5.91 Å². The number of para-hydroxylation sites is 1. The van der Waals surface area contributed by atoms with Gasteiger partial charge in [-0.1, -0.05) is 28.9 Å². The maximum absolute atomic E-state index is 12.8. The van der Waals surface area contributed by atoms with Gasteiger partial charge in [-0.2, -0.15) is 9.78 Å². The van der Waals surface area contributed by atoms with E-state index >= 15 is 0 Å². The predicted octanol–water partition coefficient (Wildman–Crippen LogP) is 2.95. The smallest absolute Gasteiger partial charge is 0.293 e. The molecule has 1 amide bonds. The molecule has 0 aliphatic heterocycles. The number of ether oxygens (including phenoxy) is 1. The fraction of sp³-hybridized carbons (Fsp3) is 0.100. The van der Waals surface area contributed by atoms with E-state index in [-0.39, 0.29) is 17.3 Å². The summed E-state index contributed by atoms with van der Waals surface area (Å²) in [4.78, 5) is 13.8. The molecule has 0 spiro atoms. The molecular weight excluding hydrogens is 468 g/mol. The monoisotopic (exact) mass is 484 g/mol. The Morgan fingerprint density at radius 3 is 2.79 bits per heavy atom. The fourth-order valence-corrected chi connectivity index (χ4v) is 3.80. The Morgan fingerprint density at radius 2 is 2.06 bits per heavy atom. The molecule has 0 saturated heterocycles. The van der Waals surface area contributed by atoms with Crippen LogP contribution in [-0.4, -0.2) is 44.5 Å². The van der Waals surface area contributed by atoms with Gasteiger partial charge in [-0.25, -0.2) is 10.1 Å². The van der Waals surface area contributed by atoms with Crippen molar-refractivity contribution in [1.29, 1.82) is 0 Å². The predicted molar refractivity (Wildman–Crippen MR) is 123 cm³/mol. The second-order valence-corrected chi connectivity index (χ2v) is 7.94. The number of carbonyl (C=O) groups excluding carboxylic acids is 1. The summed E-state index contributed by atoms with van der Waals surface area (Å²) in [6.07, 6.45) is 1.48. The molecule has 2 aromatic carbocycles. The Bertz CT molecular complexity index is 1290. The van der Waals surface area contributed by atoms with Crippen molar-refractivity contribution in [3.63, 3.8) is 0 Å². The number of hydrazone groups is 1. The number of halogens is 1. The summed E-state index contributed by atoms with van der Waals surface area (Å²) < 4.78 is 11.2. The minimum absolute atomic E-state index is 0.0128. The number of anilines is 1. The number of hydrogen-bond acceptors (Lipinski definition) is 10. The number of methoxy groups -OCH3 is 1. The molecule has 13 heteroatoms. The molecule has 168 valence electrons. The molecule has 0 fully saturated rings. The molecule has 2 aromatic heterocycles. The van der Waals surface area contributed by atoms with Crippen LogP contribution in [0.1, 0.15) is 21.7 Å². The number of thioether (sulfide) groups is 1. The van der Waals surface area contributed by atoms with Crippen molar-refractivity contribution >= 4 is 41.3 Å². The highest BCUT2D eigenvalue weighted by Gasteiger charge is 2.24. The van der Waals surface area contributed by atoms with E-state index in [1.165, 1.54) is 22.7 Å². The average Bonchev–Trinajstić information content (AvgIpc) is 3.44. The van der Waals surface area contributed by atoms with Crippen molar-refractivity contribution < 1.29 is 14.2 Å². The van der Waals surface area contributed by atoms with Gasteiger partial charge in [0.15, 0.2) is 5.69 Å². The molecule has 3 N–H and O–H groups in total. The van der Waals surface area contributed by atoms with E-state index in [2.05, 4.69) is 35.8 Å². The van der Waals surface area contributed by atoms with Gasteiger partial charge in [-0.3, -0.25) is 4.79 Å². The fourth-order valence-electron chi connectivity index (χ4n) is 2.78. The third kappa shape index (κ3) is 5.13. The van der Waals surface area contributed by atoms with Gasteiger partial charge in [0.2, 0.25) is 11.6 Å². The van der Waals surface area contributed by atoms with Crippen LogP contribution in [0.15, 0.2) is 63.2 Å². The molecule has 0 atom stereocenters. The quantitative estimate of drug-likeness (QED) is 0.219. The van der Waals surface area contributed by atoms with Gasteiger partial charge in [-0.05, 0) is 46.7 Å². The van der Waals surface area contributed by atoms with E-state index in [9.17, 15) is 4.79 Å². The molecule has 33 heavy (non-hydrogen) atoms. The van der Waals surface area contributed by atoms with Crippen molar-refractivity contribution in [2.75, 3.05) is 12.8 Å². The first-order valence-corrected chi connectivity index (χ1v) is 10.8. The van der Waals surface area contributed by atoms with Crippen molar-refractivity contribution in [1.82, 2.24) is 30.7 Å². The van der Waals surface area contributed by atoms with Crippen LogP contribution in [0.25, 0.3) is 5.82 Å². The Balaban J connectivity index is 1.58. The van der Waals surface area contributed by atoms with E-state index in [1.54, 1.807) is 31.4 Å². The number of hydrogen-bond donors (Lipinski definition) is 2. The van der Waals surface area contributed by atoms with Gasteiger partial charge in [0, 0.05) is 21.2 Å². The van der Waals surface area contributed by atoms with Crippen molar-refractivity contribution in [2.45, 2.75) is 10.6 Å². The second kappa shape index (κ2) is 10.1. The summed E-state index contributed by atoms with van der Waals surface area (Å²) in [5, 5.41) is 20.0. The van der Waals surface area contributed by atoms with Gasteiger partial charge in [-0.15, -0.1) is 16.9 Å². The molecule has 0 saturated carbocycles. The highest BCUT2D eigenvalue weighted by atomic mass is 35.5. The minimum Gasteiger partial charge on any atom is -0.496 e. The van der Waals surface area contributed by atoms with E-state index in [0.717, 1.165) is 4.90 Å². The molecule has 0 unspecified atom stereocenters. The number of nitrogens with one attached hydrogen (secondary N) is 1. The van der Waals surface area contributed by atoms with Crippen LogP contribution in [0.4, 0.5) is 5.82 Å². The largest absolute Gasteiger partial charge is 0.496 e. The zero-order valence-corrected chi connectivity index (χ0v) is 18.7. The number of carbonyl (C=O) groups is 1. The second-order valence-electron chi connectivity index (χ2n) is 6.45. The summed E-state index contributed by atoms with van der Waals surface area (Å²) in [5.74, 6) is 0.522. The summed E-state index contributed by atoms with van der Waals surface area (Å²) in [5.41, 5.74) is 9.45. The molecule has 2 heterocycles. The zero-order chi connectivity index (χ0) is 23.2. The summed E-state index contributed by atoms with van der Waals surface area (Å²) in [6.45, 7) is 0. The first-order valence-electron chi connectivity index (χ1n) is 9.44. The third-order valence-electron chi connectivity index (χ3n) is 4.37. The molecule has 11 nitrogen and oxygen atoms in total. The number of nitrogen functional groups attached to an aromatic ring is 1. The molecule has 4 rings (SSSR count). The third-order valence-corrected chi connectivity index (χ3v) is 5.65. The lowest BCUT2D eigenvalue weighted by Crippen LogP contribution is -2.20. The Morgan fingerprint density at radius 1 is 1.27 bits per heavy atom. The minimum atomic E-state index is -0.561. The van der Waals surface area contributed by atoms with Gasteiger partial charge in [0.05, 0.1) is 19.0 Å². The topological polar surface area (TPSA) is 146 Å². The van der Waals surface area contributed by atoms with Crippen LogP contribution in [0.5, 0.6) is 5.75 Å². The van der Waals surface area contributed by atoms with Crippen LogP contribution in [0, 0.1) is 0 Å². The first-order chi connectivity index (χ1) is 16.1. The van der Waals surface area contributed by atoms with Crippen molar-refractivity contribution in [3.8, 4) is 11.6 Å². The van der Waals surface area contributed by atoms with Crippen LogP contribution >= 0.6 is 23.4 Å². The van der Waals surface area contributed by atoms with E-state index < -0.39 is 5.91 Å². The van der Waals surface area contributed by atoms with Crippen LogP contribution in [0.2, 0.25) is 5.02 Å². The van der Waals surface area contributed by atoms with Crippen LogP contribution < -0.4 is 15.9 Å². The molecule has 0 aliphatic rings. The van der Waals surface area contributed by atoms with E-state index in [0.29, 0.717) is 27.8 Å². The average molecular weight is 485 g/mol. The summed E-state index contributed by atoms with van der Waals surface area (Å²) in [7, 11) is 1.55. The van der Waals surface area contributed by atoms with Gasteiger partial charge < -0.3 is 10.5 Å². The number of benzene rings is 2. The number of nitrogens with two attached hydrogens (primary N) is 1. The Labute approximate surface area is 196 Å². The van der Waals surface area contributed by atoms with Crippen molar-refractivity contribution in [3.05, 3.63) is 70.5 Å². The standard InChI is InChI=1S/C20H17ClN8O3S/c1-31-16-5-3-2-4-12(16)10-23-25-20(30)17-15(11-33-14-8-6-13(21)7-9-14)29(28-24-17)19-18(22)26-32-27-19/h2-10H,11H2,1H3,(H2,22,26)(H,25,30). The lowest BCUT2D eigenvalue weighted by molar-refractivity contribution is 0.0949. The lowest BCUT2D eigenvalue weighted by Gasteiger charge is -2.06. The highest BCUT2D eigenvalue weighted by molar-refractivity contribution is 7.98. The summed E-state index contributed by atoms with van der Waals surface area (Å²) >= 11 is 7.40. The lowest BCUT2D eigenvalue weighted by atomic mass is 10.2. The number of nitrogens with zero attached hydrogens (tertiary/aromatic N) is 6. The molecule has 0 radical (unpaired) electrons.